The van der Waals surface area contributed by atoms with E-state index in [4.69, 9.17) is 4.74 Å². The molecule has 1 fully saturated rings. The first-order chi connectivity index (χ1) is 15.7. The first-order valence-electron chi connectivity index (χ1n) is 11.7. The zero-order valence-electron chi connectivity index (χ0n) is 18.4. The van der Waals surface area contributed by atoms with Crippen molar-refractivity contribution in [3.63, 3.8) is 0 Å². The SMILES string of the molecule is Oc1cc(O)c2c(c1)CC[C@H](c1ccccc1)[C@@H]2c1ccc(OCCN2CCCC2)cc1. The topological polar surface area (TPSA) is 52.9 Å². The van der Waals surface area contributed by atoms with Gasteiger partial charge in [0, 0.05) is 24.1 Å². The van der Waals surface area contributed by atoms with E-state index >= 15 is 0 Å². The molecule has 2 atom stereocenters. The van der Waals surface area contributed by atoms with Crippen molar-refractivity contribution in [3.05, 3.63) is 89.0 Å². The Hall–Kier alpha value is -2.98. The fraction of sp³-hybridized carbons (Fsp3) is 0.357. The van der Waals surface area contributed by atoms with Crippen molar-refractivity contribution >= 4 is 0 Å². The average Bonchev–Trinajstić information content (AvgIpc) is 3.33. The van der Waals surface area contributed by atoms with E-state index in [1.807, 2.05) is 18.2 Å². The minimum absolute atomic E-state index is 0.0281. The van der Waals surface area contributed by atoms with Gasteiger partial charge < -0.3 is 14.9 Å². The van der Waals surface area contributed by atoms with Crippen LogP contribution in [0.5, 0.6) is 17.2 Å². The molecule has 0 saturated carbocycles. The predicted octanol–water partition coefficient (Wildman–Crippen LogP) is 5.43. The lowest BCUT2D eigenvalue weighted by molar-refractivity contribution is 0.237. The van der Waals surface area contributed by atoms with E-state index in [1.165, 1.54) is 37.6 Å². The van der Waals surface area contributed by atoms with Crippen molar-refractivity contribution < 1.29 is 14.9 Å². The molecule has 0 spiro atoms. The van der Waals surface area contributed by atoms with E-state index in [0.29, 0.717) is 6.61 Å². The Labute approximate surface area is 190 Å². The van der Waals surface area contributed by atoms with Crippen LogP contribution in [-0.4, -0.2) is 41.4 Å². The Balaban J connectivity index is 1.42. The van der Waals surface area contributed by atoms with Gasteiger partial charge in [-0.15, -0.1) is 0 Å². The van der Waals surface area contributed by atoms with E-state index in [1.54, 1.807) is 6.07 Å². The molecule has 0 aromatic heterocycles. The number of benzene rings is 3. The van der Waals surface area contributed by atoms with Crippen LogP contribution < -0.4 is 4.74 Å². The smallest absolute Gasteiger partial charge is 0.123 e. The Morgan fingerprint density at radius 2 is 1.62 bits per heavy atom. The van der Waals surface area contributed by atoms with E-state index in [9.17, 15) is 10.2 Å². The highest BCUT2D eigenvalue weighted by molar-refractivity contribution is 5.54. The second-order valence-corrected chi connectivity index (χ2v) is 9.04. The summed E-state index contributed by atoms with van der Waals surface area (Å²) in [6, 6.07) is 22.2. The zero-order chi connectivity index (χ0) is 21.9. The van der Waals surface area contributed by atoms with Gasteiger partial charge in [-0.1, -0.05) is 42.5 Å². The van der Waals surface area contributed by atoms with Crippen LogP contribution >= 0.6 is 0 Å². The second-order valence-electron chi connectivity index (χ2n) is 9.04. The molecule has 2 aliphatic rings. The summed E-state index contributed by atoms with van der Waals surface area (Å²) in [5.41, 5.74) is 4.41. The Bertz CT molecular complexity index is 1040. The molecular formula is C28H31NO3. The summed E-state index contributed by atoms with van der Waals surface area (Å²) in [6.07, 6.45) is 4.40. The molecule has 1 heterocycles. The fourth-order valence-electron chi connectivity index (χ4n) is 5.45. The number of aromatic hydroxyl groups is 2. The molecule has 0 bridgehead atoms. The number of likely N-dealkylation sites (tertiary alicyclic amines) is 1. The van der Waals surface area contributed by atoms with E-state index in [0.717, 1.165) is 41.8 Å². The summed E-state index contributed by atoms with van der Waals surface area (Å²) in [5, 5.41) is 20.8. The second kappa shape index (κ2) is 9.25. The number of hydrogen-bond donors (Lipinski definition) is 2. The summed E-state index contributed by atoms with van der Waals surface area (Å²) >= 11 is 0. The van der Waals surface area contributed by atoms with E-state index in [-0.39, 0.29) is 23.3 Å². The molecule has 5 rings (SSSR count). The maximum Gasteiger partial charge on any atom is 0.123 e. The average molecular weight is 430 g/mol. The molecule has 2 N–H and O–H groups in total. The number of nitrogens with zero attached hydrogens (tertiary/aromatic N) is 1. The molecule has 0 radical (unpaired) electrons. The van der Waals surface area contributed by atoms with Crippen molar-refractivity contribution in [3.8, 4) is 17.2 Å². The molecule has 4 heteroatoms. The first kappa shape index (κ1) is 20.9. The van der Waals surface area contributed by atoms with Crippen molar-refractivity contribution in [2.75, 3.05) is 26.2 Å². The lowest BCUT2D eigenvalue weighted by Gasteiger charge is -2.35. The minimum Gasteiger partial charge on any atom is -0.508 e. The summed E-state index contributed by atoms with van der Waals surface area (Å²) in [4.78, 5) is 2.45. The van der Waals surface area contributed by atoms with Crippen LogP contribution in [0.2, 0.25) is 0 Å². The van der Waals surface area contributed by atoms with Crippen molar-refractivity contribution in [1.29, 1.82) is 0 Å². The van der Waals surface area contributed by atoms with Gasteiger partial charge in [0.1, 0.15) is 23.9 Å². The molecule has 1 aliphatic heterocycles. The molecule has 3 aromatic carbocycles. The highest BCUT2D eigenvalue weighted by atomic mass is 16.5. The summed E-state index contributed by atoms with van der Waals surface area (Å²) in [6.45, 7) is 4.05. The zero-order valence-corrected chi connectivity index (χ0v) is 18.4. The van der Waals surface area contributed by atoms with Gasteiger partial charge in [-0.3, -0.25) is 4.90 Å². The third-order valence-corrected chi connectivity index (χ3v) is 7.01. The third-order valence-electron chi connectivity index (χ3n) is 7.01. The van der Waals surface area contributed by atoms with Crippen molar-refractivity contribution in [2.45, 2.75) is 37.5 Å². The number of phenols is 2. The lowest BCUT2D eigenvalue weighted by Crippen LogP contribution is -2.25. The first-order valence-corrected chi connectivity index (χ1v) is 11.7. The maximum absolute atomic E-state index is 10.8. The molecule has 0 amide bonds. The normalized spacial score (nSPS) is 20.8. The van der Waals surface area contributed by atoms with Gasteiger partial charge in [0.2, 0.25) is 0 Å². The summed E-state index contributed by atoms with van der Waals surface area (Å²) in [5.74, 6) is 1.48. The third kappa shape index (κ3) is 4.33. The molecular weight excluding hydrogens is 398 g/mol. The van der Waals surface area contributed by atoms with Crippen LogP contribution in [-0.2, 0) is 6.42 Å². The van der Waals surface area contributed by atoms with Gasteiger partial charge in [0.05, 0.1) is 0 Å². The van der Waals surface area contributed by atoms with Crippen molar-refractivity contribution in [2.24, 2.45) is 0 Å². The van der Waals surface area contributed by atoms with Gasteiger partial charge in [0.15, 0.2) is 0 Å². The van der Waals surface area contributed by atoms with E-state index in [2.05, 4.69) is 41.3 Å². The highest BCUT2D eigenvalue weighted by Crippen LogP contribution is 2.50. The van der Waals surface area contributed by atoms with Crippen LogP contribution in [0.1, 0.15) is 53.4 Å². The number of aryl methyl sites for hydroxylation is 1. The Morgan fingerprint density at radius 1 is 0.875 bits per heavy atom. The van der Waals surface area contributed by atoms with Crippen molar-refractivity contribution in [1.82, 2.24) is 4.90 Å². The molecule has 1 aliphatic carbocycles. The van der Waals surface area contributed by atoms with Gasteiger partial charge in [-0.25, -0.2) is 0 Å². The summed E-state index contributed by atoms with van der Waals surface area (Å²) in [7, 11) is 0. The van der Waals surface area contributed by atoms with Crippen LogP contribution in [0.15, 0.2) is 66.7 Å². The van der Waals surface area contributed by atoms with Gasteiger partial charge in [-0.2, -0.15) is 0 Å². The highest BCUT2D eigenvalue weighted by Gasteiger charge is 2.34. The summed E-state index contributed by atoms with van der Waals surface area (Å²) < 4.78 is 6.01. The van der Waals surface area contributed by atoms with Crippen LogP contribution in [0.3, 0.4) is 0 Å². The Kier molecular flexibility index (Phi) is 6.04. The maximum atomic E-state index is 10.8. The van der Waals surface area contributed by atoms with E-state index < -0.39 is 0 Å². The number of fused-ring (bicyclic) bond motifs is 1. The number of phenolic OH excluding ortho intramolecular Hbond substituents is 2. The molecule has 32 heavy (non-hydrogen) atoms. The number of hydrogen-bond acceptors (Lipinski definition) is 4. The Morgan fingerprint density at radius 3 is 2.38 bits per heavy atom. The molecule has 166 valence electrons. The molecule has 3 aromatic rings. The molecule has 0 unspecified atom stereocenters. The number of rotatable bonds is 6. The van der Waals surface area contributed by atoms with Crippen LogP contribution in [0.25, 0.3) is 0 Å². The predicted molar refractivity (Wildman–Crippen MR) is 127 cm³/mol. The van der Waals surface area contributed by atoms with Crippen LogP contribution in [0, 0.1) is 0 Å². The molecule has 1 saturated heterocycles. The monoisotopic (exact) mass is 429 g/mol. The largest absolute Gasteiger partial charge is 0.508 e. The standard InChI is InChI=1S/C28H31NO3/c30-23-18-22-10-13-25(20-6-2-1-3-7-20)27(28(22)26(31)19-23)21-8-11-24(12-9-21)32-17-16-29-14-4-5-15-29/h1-3,6-9,11-12,18-19,25,27,30-31H,4-5,10,13-17H2/t25-,27+/m1/s1. The lowest BCUT2D eigenvalue weighted by atomic mass is 9.69. The quantitative estimate of drug-likeness (QED) is 0.548. The van der Waals surface area contributed by atoms with Crippen LogP contribution in [0.4, 0.5) is 0 Å². The fourth-order valence-corrected chi connectivity index (χ4v) is 5.45. The molecule has 4 nitrogen and oxygen atoms in total. The van der Waals surface area contributed by atoms with Gasteiger partial charge in [0.25, 0.3) is 0 Å². The van der Waals surface area contributed by atoms with Gasteiger partial charge >= 0.3 is 0 Å². The number of ether oxygens (including phenoxy) is 1. The van der Waals surface area contributed by atoms with Gasteiger partial charge in [-0.05, 0) is 79.6 Å². The minimum atomic E-state index is 0.0281.